The van der Waals surface area contributed by atoms with E-state index in [0.29, 0.717) is 23.3 Å². The predicted molar refractivity (Wildman–Crippen MR) is 91.2 cm³/mol. The van der Waals surface area contributed by atoms with Crippen molar-refractivity contribution in [1.82, 2.24) is 19.5 Å². The SMILES string of the molecule is Oc1cccc(CNc2nc(F)nc3c2ncn3C2CCCCO2)c1O. The van der Waals surface area contributed by atoms with Crippen molar-refractivity contribution in [3.8, 4) is 11.5 Å². The second-order valence-corrected chi connectivity index (χ2v) is 6.12. The Hall–Kier alpha value is -2.94. The Morgan fingerprint density at radius 1 is 1.27 bits per heavy atom. The van der Waals surface area contributed by atoms with Crippen molar-refractivity contribution in [3.05, 3.63) is 36.2 Å². The zero-order valence-corrected chi connectivity index (χ0v) is 13.9. The van der Waals surface area contributed by atoms with Gasteiger partial charge in [0, 0.05) is 18.7 Å². The molecule has 1 atom stereocenters. The van der Waals surface area contributed by atoms with Crippen LogP contribution in [0.3, 0.4) is 0 Å². The van der Waals surface area contributed by atoms with E-state index >= 15 is 0 Å². The number of aromatic hydroxyl groups is 2. The van der Waals surface area contributed by atoms with Crippen molar-refractivity contribution in [2.75, 3.05) is 11.9 Å². The van der Waals surface area contributed by atoms with Crippen LogP contribution in [0.25, 0.3) is 11.2 Å². The molecule has 1 fully saturated rings. The molecule has 9 heteroatoms. The van der Waals surface area contributed by atoms with Crippen molar-refractivity contribution in [3.63, 3.8) is 0 Å². The molecule has 1 aliphatic heterocycles. The van der Waals surface area contributed by atoms with Crippen LogP contribution >= 0.6 is 0 Å². The number of aromatic nitrogens is 4. The first-order valence-corrected chi connectivity index (χ1v) is 8.39. The van der Waals surface area contributed by atoms with Crippen LogP contribution in [0.5, 0.6) is 11.5 Å². The van der Waals surface area contributed by atoms with Gasteiger partial charge in [0.1, 0.15) is 6.23 Å². The van der Waals surface area contributed by atoms with Crippen LogP contribution < -0.4 is 5.32 Å². The van der Waals surface area contributed by atoms with Crippen molar-refractivity contribution < 1.29 is 19.3 Å². The smallest absolute Gasteiger partial charge is 0.312 e. The molecule has 3 heterocycles. The lowest BCUT2D eigenvalue weighted by Gasteiger charge is -2.23. The molecule has 1 aliphatic rings. The van der Waals surface area contributed by atoms with Crippen molar-refractivity contribution in [2.24, 2.45) is 0 Å². The number of ether oxygens (including phenoxy) is 1. The van der Waals surface area contributed by atoms with Gasteiger partial charge >= 0.3 is 6.08 Å². The van der Waals surface area contributed by atoms with E-state index in [-0.39, 0.29) is 30.1 Å². The van der Waals surface area contributed by atoms with E-state index in [4.69, 9.17) is 4.74 Å². The number of hydrogen-bond donors (Lipinski definition) is 3. The highest BCUT2D eigenvalue weighted by molar-refractivity contribution is 5.82. The van der Waals surface area contributed by atoms with E-state index in [0.717, 1.165) is 19.3 Å². The van der Waals surface area contributed by atoms with Crippen LogP contribution in [0, 0.1) is 6.08 Å². The summed E-state index contributed by atoms with van der Waals surface area (Å²) in [6, 6.07) is 4.63. The lowest BCUT2D eigenvalue weighted by atomic mass is 10.2. The first kappa shape index (κ1) is 16.5. The average molecular weight is 359 g/mol. The number of nitrogens with zero attached hydrogens (tertiary/aromatic N) is 4. The number of fused-ring (bicyclic) bond motifs is 1. The van der Waals surface area contributed by atoms with Crippen molar-refractivity contribution >= 4 is 17.0 Å². The Balaban J connectivity index is 1.65. The van der Waals surface area contributed by atoms with E-state index < -0.39 is 6.08 Å². The van der Waals surface area contributed by atoms with E-state index in [1.807, 2.05) is 0 Å². The van der Waals surface area contributed by atoms with Crippen LogP contribution in [0.1, 0.15) is 31.1 Å². The molecule has 0 spiro atoms. The number of benzene rings is 1. The average Bonchev–Trinajstić information content (AvgIpc) is 3.07. The molecule has 1 saturated heterocycles. The van der Waals surface area contributed by atoms with Crippen LogP contribution in [0.4, 0.5) is 10.2 Å². The number of phenols is 2. The largest absolute Gasteiger partial charge is 0.504 e. The molecule has 0 aliphatic carbocycles. The molecule has 8 nitrogen and oxygen atoms in total. The Morgan fingerprint density at radius 3 is 2.96 bits per heavy atom. The quantitative estimate of drug-likeness (QED) is 0.486. The highest BCUT2D eigenvalue weighted by atomic mass is 19.1. The van der Waals surface area contributed by atoms with Crippen molar-refractivity contribution in [1.29, 1.82) is 0 Å². The minimum atomic E-state index is -0.877. The summed E-state index contributed by atoms with van der Waals surface area (Å²) in [5, 5.41) is 22.4. The fourth-order valence-electron chi connectivity index (χ4n) is 3.07. The molecule has 136 valence electrons. The Bertz CT molecular complexity index is 940. The lowest BCUT2D eigenvalue weighted by Crippen LogP contribution is -2.18. The molecular weight excluding hydrogens is 341 g/mol. The van der Waals surface area contributed by atoms with Gasteiger partial charge in [-0.2, -0.15) is 14.4 Å². The molecule has 26 heavy (non-hydrogen) atoms. The number of rotatable bonds is 4. The Labute approximate surface area is 148 Å². The van der Waals surface area contributed by atoms with E-state index in [1.54, 1.807) is 23.0 Å². The minimum absolute atomic E-state index is 0.137. The fourth-order valence-corrected chi connectivity index (χ4v) is 3.07. The van der Waals surface area contributed by atoms with E-state index in [9.17, 15) is 14.6 Å². The second kappa shape index (κ2) is 6.75. The molecule has 0 saturated carbocycles. The Kier molecular flexibility index (Phi) is 4.29. The third-order valence-corrected chi connectivity index (χ3v) is 4.40. The zero-order chi connectivity index (χ0) is 18.1. The van der Waals surface area contributed by atoms with Gasteiger partial charge in [0.05, 0.1) is 6.33 Å². The Morgan fingerprint density at radius 2 is 2.15 bits per heavy atom. The molecule has 0 bridgehead atoms. The first-order valence-electron chi connectivity index (χ1n) is 8.39. The van der Waals surface area contributed by atoms with E-state index in [1.165, 1.54) is 6.07 Å². The lowest BCUT2D eigenvalue weighted by molar-refractivity contribution is -0.0298. The summed E-state index contributed by atoms with van der Waals surface area (Å²) in [6.07, 6.45) is 3.33. The molecule has 3 N–H and O–H groups in total. The van der Waals surface area contributed by atoms with Crippen LogP contribution in [-0.2, 0) is 11.3 Å². The maximum Gasteiger partial charge on any atom is 0.312 e. The summed E-state index contributed by atoms with van der Waals surface area (Å²) in [4.78, 5) is 12.0. The summed E-state index contributed by atoms with van der Waals surface area (Å²) >= 11 is 0. The number of halogens is 1. The third-order valence-electron chi connectivity index (χ3n) is 4.40. The molecule has 2 aromatic heterocycles. The fraction of sp³-hybridized carbons (Fsp3) is 0.353. The number of para-hydroxylation sites is 1. The number of nitrogens with one attached hydrogen (secondary N) is 1. The van der Waals surface area contributed by atoms with Gasteiger partial charge in [0.15, 0.2) is 28.5 Å². The van der Waals surface area contributed by atoms with Crippen LogP contribution in [0.15, 0.2) is 24.5 Å². The molecule has 4 rings (SSSR count). The van der Waals surface area contributed by atoms with Crippen LogP contribution in [-0.4, -0.2) is 36.3 Å². The summed E-state index contributed by atoms with van der Waals surface area (Å²) in [7, 11) is 0. The van der Waals surface area contributed by atoms with Crippen molar-refractivity contribution in [2.45, 2.75) is 32.0 Å². The summed E-state index contributed by atoms with van der Waals surface area (Å²) in [6.45, 7) is 0.790. The predicted octanol–water partition coefficient (Wildman–Crippen LogP) is 2.69. The highest BCUT2D eigenvalue weighted by Gasteiger charge is 2.21. The second-order valence-electron chi connectivity index (χ2n) is 6.12. The number of hydrogen-bond acceptors (Lipinski definition) is 7. The monoisotopic (exact) mass is 359 g/mol. The van der Waals surface area contributed by atoms with Gasteiger partial charge in [-0.1, -0.05) is 12.1 Å². The van der Waals surface area contributed by atoms with Gasteiger partial charge in [-0.15, -0.1) is 0 Å². The topological polar surface area (TPSA) is 105 Å². The maximum absolute atomic E-state index is 14.0. The first-order chi connectivity index (χ1) is 12.6. The number of anilines is 1. The van der Waals surface area contributed by atoms with Gasteiger partial charge in [-0.05, 0) is 25.3 Å². The van der Waals surface area contributed by atoms with Gasteiger partial charge < -0.3 is 20.3 Å². The molecule has 0 amide bonds. The van der Waals surface area contributed by atoms with Gasteiger partial charge in [0.2, 0.25) is 0 Å². The summed E-state index contributed by atoms with van der Waals surface area (Å²) in [5.74, 6) is -0.237. The standard InChI is InChI=1S/C17H18FN5O3/c18-17-21-15(19-8-10-4-3-5-11(24)14(10)25)13-16(22-17)23(9-20-13)12-6-1-2-7-26-12/h3-5,9,12,24-25H,1-2,6-8H2,(H,19,21,22). The molecule has 1 unspecified atom stereocenters. The number of phenolic OH excluding ortho intramolecular Hbond substituents is 2. The van der Waals surface area contributed by atoms with Gasteiger partial charge in [0.25, 0.3) is 0 Å². The number of imidazole rings is 1. The highest BCUT2D eigenvalue weighted by Crippen LogP contribution is 2.30. The summed E-state index contributed by atoms with van der Waals surface area (Å²) < 4.78 is 21.4. The minimum Gasteiger partial charge on any atom is -0.504 e. The summed E-state index contributed by atoms with van der Waals surface area (Å²) in [5.41, 5.74) is 1.22. The normalized spacial score (nSPS) is 17.5. The third kappa shape index (κ3) is 3.01. The van der Waals surface area contributed by atoms with Gasteiger partial charge in [-0.3, -0.25) is 4.57 Å². The van der Waals surface area contributed by atoms with Crippen LogP contribution in [0.2, 0.25) is 0 Å². The molecule has 0 radical (unpaired) electrons. The molecule has 1 aromatic carbocycles. The van der Waals surface area contributed by atoms with Gasteiger partial charge in [-0.25, -0.2) is 4.98 Å². The molecule has 3 aromatic rings. The molecular formula is C17H18FN5O3. The maximum atomic E-state index is 14.0. The van der Waals surface area contributed by atoms with E-state index in [2.05, 4.69) is 20.3 Å². The zero-order valence-electron chi connectivity index (χ0n) is 13.9.